The molecule has 0 spiro atoms. The van der Waals surface area contributed by atoms with Gasteiger partial charge in [0.15, 0.2) is 0 Å². The first-order valence-corrected chi connectivity index (χ1v) is 6.70. The number of rotatable bonds is 6. The van der Waals surface area contributed by atoms with E-state index in [9.17, 15) is 4.79 Å². The highest BCUT2D eigenvalue weighted by atomic mass is 16.5. The third-order valence-corrected chi connectivity index (χ3v) is 3.26. The molecule has 0 fully saturated rings. The molecule has 1 aromatic carbocycles. The fraction of sp³-hybridized carbons (Fsp3) is 0.533. The highest BCUT2D eigenvalue weighted by Gasteiger charge is 2.22. The van der Waals surface area contributed by atoms with Gasteiger partial charge in [0.2, 0.25) is 5.91 Å². The number of amides is 1. The Labute approximate surface area is 115 Å². The maximum absolute atomic E-state index is 12.0. The van der Waals surface area contributed by atoms with Gasteiger partial charge in [-0.1, -0.05) is 39.0 Å². The van der Waals surface area contributed by atoms with Crippen LogP contribution < -0.4 is 15.8 Å². The third kappa shape index (κ3) is 3.96. The number of methoxy groups -OCH3 is 1. The number of nitrogens with two attached hydrogens (primary N) is 1. The molecular formula is C15H24N2O2. The average molecular weight is 264 g/mol. The van der Waals surface area contributed by atoms with Gasteiger partial charge in [0.25, 0.3) is 0 Å². The number of para-hydroxylation sites is 1. The van der Waals surface area contributed by atoms with Crippen molar-refractivity contribution in [3.05, 3.63) is 29.8 Å². The van der Waals surface area contributed by atoms with E-state index in [-0.39, 0.29) is 17.9 Å². The van der Waals surface area contributed by atoms with E-state index in [4.69, 9.17) is 10.5 Å². The average Bonchev–Trinajstić information content (AvgIpc) is 2.43. The lowest BCUT2D eigenvalue weighted by molar-refractivity contribution is -0.124. The lowest BCUT2D eigenvalue weighted by atomic mass is 10.0. The summed E-state index contributed by atoms with van der Waals surface area (Å²) in [5, 5.41) is 2.99. The predicted octanol–water partition coefficient (Wildman–Crippen LogP) is 2.25. The van der Waals surface area contributed by atoms with E-state index >= 15 is 0 Å². The standard InChI is InChI=1S/C15H24N2O2/c1-5-12(17-15(18)14(16)10(2)3)11-8-6-7-9-13(11)19-4/h6-10,12,14H,5,16H2,1-4H3,(H,17,18)/t12?,14-/m1/s1. The fourth-order valence-corrected chi connectivity index (χ4v) is 1.92. The van der Waals surface area contributed by atoms with Gasteiger partial charge in [-0.05, 0) is 18.4 Å². The number of nitrogens with one attached hydrogen (secondary N) is 1. The first-order valence-electron chi connectivity index (χ1n) is 6.70. The molecule has 4 heteroatoms. The van der Waals surface area contributed by atoms with Crippen LogP contribution in [0.4, 0.5) is 0 Å². The van der Waals surface area contributed by atoms with E-state index in [1.807, 2.05) is 45.0 Å². The van der Waals surface area contributed by atoms with E-state index in [2.05, 4.69) is 5.32 Å². The molecule has 0 saturated carbocycles. The smallest absolute Gasteiger partial charge is 0.237 e. The topological polar surface area (TPSA) is 64.4 Å². The molecule has 0 aliphatic carbocycles. The lowest BCUT2D eigenvalue weighted by Gasteiger charge is -2.23. The monoisotopic (exact) mass is 264 g/mol. The van der Waals surface area contributed by atoms with Crippen LogP contribution in [0.1, 0.15) is 38.8 Å². The number of benzene rings is 1. The van der Waals surface area contributed by atoms with Crippen molar-refractivity contribution >= 4 is 5.91 Å². The van der Waals surface area contributed by atoms with Crippen LogP contribution in [0.3, 0.4) is 0 Å². The Morgan fingerprint density at radius 2 is 2.00 bits per heavy atom. The predicted molar refractivity (Wildman–Crippen MR) is 77.0 cm³/mol. The highest BCUT2D eigenvalue weighted by Crippen LogP contribution is 2.26. The van der Waals surface area contributed by atoms with Gasteiger partial charge in [0.1, 0.15) is 5.75 Å². The first-order chi connectivity index (χ1) is 9.01. The molecule has 1 unspecified atom stereocenters. The van der Waals surface area contributed by atoms with Crippen LogP contribution in [0.15, 0.2) is 24.3 Å². The minimum absolute atomic E-state index is 0.0755. The van der Waals surface area contributed by atoms with Crippen molar-refractivity contribution in [1.29, 1.82) is 0 Å². The molecule has 1 aromatic rings. The summed E-state index contributed by atoms with van der Waals surface area (Å²) in [6, 6.07) is 7.16. The van der Waals surface area contributed by atoms with Crippen molar-refractivity contribution in [2.24, 2.45) is 11.7 Å². The second-order valence-corrected chi connectivity index (χ2v) is 4.98. The molecule has 0 aliphatic rings. The van der Waals surface area contributed by atoms with Gasteiger partial charge < -0.3 is 15.8 Å². The van der Waals surface area contributed by atoms with Gasteiger partial charge in [0, 0.05) is 5.56 Å². The van der Waals surface area contributed by atoms with Gasteiger partial charge in [-0.25, -0.2) is 0 Å². The Hall–Kier alpha value is -1.55. The van der Waals surface area contributed by atoms with Gasteiger partial charge >= 0.3 is 0 Å². The lowest BCUT2D eigenvalue weighted by Crippen LogP contribution is -2.45. The zero-order chi connectivity index (χ0) is 14.4. The molecule has 106 valence electrons. The van der Waals surface area contributed by atoms with Crippen LogP contribution in [0, 0.1) is 5.92 Å². The van der Waals surface area contributed by atoms with Crippen LogP contribution in [0.5, 0.6) is 5.75 Å². The second-order valence-electron chi connectivity index (χ2n) is 4.98. The molecule has 4 nitrogen and oxygen atoms in total. The maximum Gasteiger partial charge on any atom is 0.237 e. The number of hydrogen-bond donors (Lipinski definition) is 2. The van der Waals surface area contributed by atoms with Gasteiger partial charge in [-0.3, -0.25) is 4.79 Å². The van der Waals surface area contributed by atoms with Gasteiger partial charge in [-0.15, -0.1) is 0 Å². The SMILES string of the molecule is CCC(NC(=O)[C@H](N)C(C)C)c1ccccc1OC. The number of carbonyl (C=O) groups is 1. The molecule has 0 aromatic heterocycles. The zero-order valence-electron chi connectivity index (χ0n) is 12.1. The van der Waals surface area contributed by atoms with Crippen LogP contribution >= 0.6 is 0 Å². The minimum atomic E-state index is -0.483. The normalized spacial score (nSPS) is 14.0. The van der Waals surface area contributed by atoms with Crippen molar-refractivity contribution in [3.63, 3.8) is 0 Å². The molecule has 0 radical (unpaired) electrons. The molecule has 1 rings (SSSR count). The largest absolute Gasteiger partial charge is 0.496 e. The molecule has 0 bridgehead atoms. The molecular weight excluding hydrogens is 240 g/mol. The Balaban J connectivity index is 2.86. The molecule has 0 heterocycles. The summed E-state index contributed by atoms with van der Waals surface area (Å²) < 4.78 is 5.34. The third-order valence-electron chi connectivity index (χ3n) is 3.26. The Morgan fingerprint density at radius 3 is 2.53 bits per heavy atom. The van der Waals surface area contributed by atoms with E-state index in [0.29, 0.717) is 0 Å². The van der Waals surface area contributed by atoms with Crippen LogP contribution in [0.2, 0.25) is 0 Å². The number of carbonyl (C=O) groups excluding carboxylic acids is 1. The van der Waals surface area contributed by atoms with E-state index in [1.54, 1.807) is 7.11 Å². The summed E-state index contributed by atoms with van der Waals surface area (Å²) >= 11 is 0. The van der Waals surface area contributed by atoms with Gasteiger partial charge in [0.05, 0.1) is 19.2 Å². The van der Waals surface area contributed by atoms with Crippen molar-refractivity contribution < 1.29 is 9.53 Å². The van der Waals surface area contributed by atoms with E-state index in [1.165, 1.54) is 0 Å². The van der Waals surface area contributed by atoms with Crippen LogP contribution in [-0.4, -0.2) is 19.1 Å². The number of hydrogen-bond acceptors (Lipinski definition) is 3. The van der Waals surface area contributed by atoms with Crippen LogP contribution in [-0.2, 0) is 4.79 Å². The van der Waals surface area contributed by atoms with E-state index < -0.39 is 6.04 Å². The number of ether oxygens (including phenoxy) is 1. The fourth-order valence-electron chi connectivity index (χ4n) is 1.92. The molecule has 1 amide bonds. The van der Waals surface area contributed by atoms with Crippen molar-refractivity contribution in [2.45, 2.75) is 39.3 Å². The highest BCUT2D eigenvalue weighted by molar-refractivity contribution is 5.82. The zero-order valence-corrected chi connectivity index (χ0v) is 12.1. The quantitative estimate of drug-likeness (QED) is 0.828. The Bertz CT molecular complexity index is 418. The summed E-state index contributed by atoms with van der Waals surface area (Å²) in [5.74, 6) is 0.788. The first kappa shape index (κ1) is 15.5. The van der Waals surface area contributed by atoms with Crippen molar-refractivity contribution in [2.75, 3.05) is 7.11 Å². The van der Waals surface area contributed by atoms with E-state index in [0.717, 1.165) is 17.7 Å². The summed E-state index contributed by atoms with van der Waals surface area (Å²) in [4.78, 5) is 12.0. The minimum Gasteiger partial charge on any atom is -0.496 e. The molecule has 3 N–H and O–H groups in total. The summed E-state index contributed by atoms with van der Waals surface area (Å²) in [7, 11) is 1.63. The Morgan fingerprint density at radius 1 is 1.37 bits per heavy atom. The molecule has 0 aliphatic heterocycles. The maximum atomic E-state index is 12.0. The summed E-state index contributed by atoms with van der Waals surface area (Å²) in [6.45, 7) is 5.90. The van der Waals surface area contributed by atoms with Crippen molar-refractivity contribution in [3.8, 4) is 5.75 Å². The summed E-state index contributed by atoms with van der Waals surface area (Å²) in [6.07, 6.45) is 0.789. The molecule has 2 atom stereocenters. The van der Waals surface area contributed by atoms with Gasteiger partial charge in [-0.2, -0.15) is 0 Å². The molecule has 0 saturated heterocycles. The summed E-state index contributed by atoms with van der Waals surface area (Å²) in [5.41, 5.74) is 6.85. The second kappa shape index (κ2) is 7.14. The van der Waals surface area contributed by atoms with Crippen molar-refractivity contribution in [1.82, 2.24) is 5.32 Å². The van der Waals surface area contributed by atoms with Crippen LogP contribution in [0.25, 0.3) is 0 Å². The molecule has 19 heavy (non-hydrogen) atoms. The Kier molecular flexibility index (Phi) is 5.83.